The van der Waals surface area contributed by atoms with E-state index in [0.29, 0.717) is 5.56 Å². The van der Waals surface area contributed by atoms with E-state index in [4.69, 9.17) is 32.8 Å². The van der Waals surface area contributed by atoms with Crippen LogP contribution in [0, 0.1) is 0 Å². The van der Waals surface area contributed by atoms with Gasteiger partial charge in [0.25, 0.3) is 0 Å². The molecule has 0 bridgehead atoms. The highest BCUT2D eigenvalue weighted by Gasteiger charge is 2.37. The highest BCUT2D eigenvalue weighted by atomic mass is 28.4. The van der Waals surface area contributed by atoms with Gasteiger partial charge >= 0.3 is 5.97 Å². The third-order valence-electron chi connectivity index (χ3n) is 6.11. The number of rotatable bonds is 10. The molecule has 0 unspecified atom stereocenters. The van der Waals surface area contributed by atoms with E-state index in [0.717, 1.165) is 0 Å². The molecule has 1 N–H and O–H groups in total. The number of phenolic OH excluding ortho intramolecular Hbond substituents is 1. The van der Waals surface area contributed by atoms with E-state index < -0.39 is 14.3 Å². The second-order valence-electron chi connectivity index (χ2n) is 9.31. The van der Waals surface area contributed by atoms with Crippen LogP contribution in [-0.2, 0) is 15.8 Å². The third kappa shape index (κ3) is 5.94. The Balaban J connectivity index is 2.64. The molecule has 0 fully saturated rings. The molecule has 0 spiro atoms. The van der Waals surface area contributed by atoms with Crippen molar-refractivity contribution in [3.8, 4) is 40.2 Å². The lowest BCUT2D eigenvalue weighted by atomic mass is 10.1. The van der Waals surface area contributed by atoms with Crippen molar-refractivity contribution in [2.75, 3.05) is 35.5 Å². The van der Waals surface area contributed by atoms with Crippen molar-refractivity contribution in [1.82, 2.24) is 0 Å². The Morgan fingerprint density at radius 2 is 1.43 bits per heavy atom. The minimum absolute atomic E-state index is 0.0113. The van der Waals surface area contributed by atoms with Crippen LogP contribution in [0.25, 0.3) is 0 Å². The first-order chi connectivity index (χ1) is 16.3. The zero-order valence-corrected chi connectivity index (χ0v) is 23.2. The van der Waals surface area contributed by atoms with Crippen LogP contribution in [0.2, 0.25) is 18.1 Å². The van der Waals surface area contributed by atoms with Crippen molar-refractivity contribution in [3.05, 3.63) is 29.3 Å². The summed E-state index contributed by atoms with van der Waals surface area (Å²) in [5.74, 6) is -0.000872. The lowest BCUT2D eigenvalue weighted by Gasteiger charge is -2.36. The van der Waals surface area contributed by atoms with Gasteiger partial charge < -0.3 is 38.0 Å². The van der Waals surface area contributed by atoms with Gasteiger partial charge in [-0.25, -0.2) is 4.79 Å². The first kappa shape index (κ1) is 28.1. The average molecular weight is 509 g/mol. The maximum Gasteiger partial charge on any atom is 0.341 e. The van der Waals surface area contributed by atoms with Crippen LogP contribution in [0.5, 0.6) is 40.2 Å². The Labute approximate surface area is 207 Å². The summed E-state index contributed by atoms with van der Waals surface area (Å²) in [6.07, 6.45) is 0. The summed E-state index contributed by atoms with van der Waals surface area (Å²) in [6, 6.07) is 4.67. The van der Waals surface area contributed by atoms with Gasteiger partial charge in [0.15, 0.2) is 31.3 Å². The molecule has 194 valence electrons. The number of esters is 1. The van der Waals surface area contributed by atoms with Gasteiger partial charge in [-0.05, 0) is 35.8 Å². The van der Waals surface area contributed by atoms with Crippen LogP contribution in [0.15, 0.2) is 18.2 Å². The van der Waals surface area contributed by atoms with E-state index in [1.165, 1.54) is 41.6 Å². The average Bonchev–Trinajstić information content (AvgIpc) is 2.80. The first-order valence-electron chi connectivity index (χ1n) is 11.0. The fraction of sp³-hybridized carbons (Fsp3) is 0.480. The van der Waals surface area contributed by atoms with Crippen LogP contribution in [0.4, 0.5) is 0 Å². The molecule has 0 aliphatic rings. The number of methoxy groups -OCH3 is 5. The van der Waals surface area contributed by atoms with E-state index in [9.17, 15) is 9.90 Å². The zero-order valence-electron chi connectivity index (χ0n) is 22.2. The van der Waals surface area contributed by atoms with Crippen LogP contribution >= 0.6 is 0 Å². The standard InChI is InChI=1S/C25H36O9Si/c1-25(2,3)35(9,10)33-14-15-11-17(26)21(29-5)19(12-15)34-20-16(24(27)32-8)13-18(28-4)22(30-6)23(20)31-7/h11-13,26H,14H2,1-10H3. The van der Waals surface area contributed by atoms with Crippen molar-refractivity contribution in [2.24, 2.45) is 0 Å². The minimum atomic E-state index is -2.05. The third-order valence-corrected chi connectivity index (χ3v) is 10.6. The largest absolute Gasteiger partial charge is 0.504 e. The molecule has 2 aromatic carbocycles. The summed E-state index contributed by atoms with van der Waals surface area (Å²) in [5, 5.41) is 10.7. The summed E-state index contributed by atoms with van der Waals surface area (Å²) in [4.78, 5) is 12.6. The molecule has 0 radical (unpaired) electrons. The molecule has 9 nitrogen and oxygen atoms in total. The summed E-state index contributed by atoms with van der Waals surface area (Å²) < 4.78 is 39.1. The molecule has 0 saturated heterocycles. The van der Waals surface area contributed by atoms with Crippen molar-refractivity contribution in [1.29, 1.82) is 0 Å². The van der Waals surface area contributed by atoms with Gasteiger partial charge in [0, 0.05) is 6.07 Å². The number of ether oxygens (including phenoxy) is 6. The van der Waals surface area contributed by atoms with Gasteiger partial charge in [-0.15, -0.1) is 0 Å². The van der Waals surface area contributed by atoms with Gasteiger partial charge in [0.2, 0.25) is 17.2 Å². The molecular weight excluding hydrogens is 472 g/mol. The van der Waals surface area contributed by atoms with Crippen LogP contribution in [0.1, 0.15) is 36.7 Å². The lowest BCUT2D eigenvalue weighted by molar-refractivity contribution is 0.0596. The van der Waals surface area contributed by atoms with Crippen molar-refractivity contribution in [3.63, 3.8) is 0 Å². The van der Waals surface area contributed by atoms with Crippen molar-refractivity contribution < 1.29 is 42.7 Å². The maximum atomic E-state index is 12.6. The summed E-state index contributed by atoms with van der Waals surface area (Å²) in [7, 11) is 4.88. The summed E-state index contributed by atoms with van der Waals surface area (Å²) in [6.45, 7) is 11.0. The Bertz CT molecular complexity index is 1060. The van der Waals surface area contributed by atoms with E-state index >= 15 is 0 Å². The highest BCUT2D eigenvalue weighted by Crippen LogP contribution is 2.50. The molecular formula is C25H36O9Si. The number of carbonyl (C=O) groups excluding carboxylic acids is 1. The van der Waals surface area contributed by atoms with E-state index in [1.807, 2.05) is 0 Å². The van der Waals surface area contributed by atoms with Gasteiger partial charge in [-0.2, -0.15) is 0 Å². The number of aromatic hydroxyl groups is 1. The molecule has 0 amide bonds. The van der Waals surface area contributed by atoms with E-state index in [-0.39, 0.29) is 57.5 Å². The topological polar surface area (TPSA) is 102 Å². The number of benzene rings is 2. The molecule has 35 heavy (non-hydrogen) atoms. The normalized spacial score (nSPS) is 11.6. The molecule has 0 atom stereocenters. The minimum Gasteiger partial charge on any atom is -0.504 e. The maximum absolute atomic E-state index is 12.6. The molecule has 0 aliphatic heterocycles. The fourth-order valence-electron chi connectivity index (χ4n) is 3.09. The Hall–Kier alpha value is -3.11. The predicted octanol–water partition coefficient (Wildman–Crippen LogP) is 5.53. The Kier molecular flexibility index (Phi) is 8.91. The van der Waals surface area contributed by atoms with Crippen molar-refractivity contribution >= 4 is 14.3 Å². The molecule has 0 heterocycles. The second-order valence-corrected chi connectivity index (χ2v) is 14.1. The summed E-state index contributed by atoms with van der Waals surface area (Å²) >= 11 is 0. The van der Waals surface area contributed by atoms with Gasteiger partial charge in [-0.3, -0.25) is 0 Å². The molecule has 0 saturated carbocycles. The highest BCUT2D eigenvalue weighted by molar-refractivity contribution is 6.74. The molecule has 2 rings (SSSR count). The molecule has 10 heteroatoms. The van der Waals surface area contributed by atoms with Crippen LogP contribution < -0.4 is 23.7 Å². The Morgan fingerprint density at radius 1 is 0.829 bits per heavy atom. The number of hydrogen-bond acceptors (Lipinski definition) is 9. The number of phenols is 1. The first-order valence-corrected chi connectivity index (χ1v) is 13.9. The zero-order chi connectivity index (χ0) is 26.6. The monoisotopic (exact) mass is 508 g/mol. The molecule has 0 aliphatic carbocycles. The number of hydrogen-bond donors (Lipinski definition) is 1. The molecule has 0 aromatic heterocycles. The second kappa shape index (κ2) is 11.1. The fourth-order valence-corrected chi connectivity index (χ4v) is 4.05. The van der Waals surface area contributed by atoms with Crippen molar-refractivity contribution in [2.45, 2.75) is 45.5 Å². The summed E-state index contributed by atoms with van der Waals surface area (Å²) in [5.41, 5.74) is 0.702. The molecule has 2 aromatic rings. The Morgan fingerprint density at radius 3 is 1.91 bits per heavy atom. The van der Waals surface area contributed by atoms with Gasteiger partial charge in [0.1, 0.15) is 5.56 Å². The van der Waals surface area contributed by atoms with Gasteiger partial charge in [0.05, 0.1) is 42.2 Å². The van der Waals surface area contributed by atoms with Crippen LogP contribution in [-0.4, -0.2) is 54.9 Å². The lowest BCUT2D eigenvalue weighted by Crippen LogP contribution is -2.40. The SMILES string of the molecule is COC(=O)c1cc(OC)c(OC)c(OC)c1Oc1cc(CO[Si](C)(C)C(C)(C)C)cc(O)c1OC. The van der Waals surface area contributed by atoms with Gasteiger partial charge in [-0.1, -0.05) is 20.8 Å². The van der Waals surface area contributed by atoms with E-state index in [1.54, 1.807) is 12.1 Å². The van der Waals surface area contributed by atoms with E-state index in [2.05, 4.69) is 33.9 Å². The predicted molar refractivity (Wildman–Crippen MR) is 134 cm³/mol. The van der Waals surface area contributed by atoms with Crippen LogP contribution in [0.3, 0.4) is 0 Å². The number of carbonyl (C=O) groups is 1. The smallest absolute Gasteiger partial charge is 0.341 e. The quantitative estimate of drug-likeness (QED) is 0.328.